The molecule has 2 aromatic rings. The largest absolute Gasteiger partial charge is 0.494 e. The summed E-state index contributed by atoms with van der Waals surface area (Å²) in [7, 11) is 1.26. The first-order valence-corrected chi connectivity index (χ1v) is 10.5. The molecule has 0 aromatic heterocycles. The van der Waals surface area contributed by atoms with E-state index in [-0.39, 0.29) is 19.0 Å². The Morgan fingerprint density at radius 2 is 1.59 bits per heavy atom. The first-order valence-electron chi connectivity index (χ1n) is 10.5. The van der Waals surface area contributed by atoms with Gasteiger partial charge in [-0.1, -0.05) is 32.2 Å². The Morgan fingerprint density at radius 3 is 2.16 bits per heavy atom. The van der Waals surface area contributed by atoms with Crippen molar-refractivity contribution in [1.82, 2.24) is 0 Å². The second kappa shape index (κ2) is 12.3. The van der Waals surface area contributed by atoms with E-state index in [9.17, 15) is 9.59 Å². The van der Waals surface area contributed by atoms with Gasteiger partial charge in [0.1, 0.15) is 36.4 Å². The number of carbonyl (C=O) groups is 2. The Balaban J connectivity index is 2.61. The van der Waals surface area contributed by atoms with Crippen molar-refractivity contribution in [3.05, 3.63) is 78.4 Å². The zero-order valence-corrected chi connectivity index (χ0v) is 18.9. The van der Waals surface area contributed by atoms with Crippen LogP contribution in [0.25, 0.3) is 0 Å². The Labute approximate surface area is 189 Å². The van der Waals surface area contributed by atoms with Gasteiger partial charge < -0.3 is 18.9 Å². The molecule has 0 bridgehead atoms. The molecule has 1 atom stereocenters. The molecule has 170 valence electrons. The van der Waals surface area contributed by atoms with Crippen LogP contribution in [-0.2, 0) is 16.0 Å². The summed E-state index contributed by atoms with van der Waals surface area (Å²) >= 11 is 0. The molecule has 0 fully saturated rings. The fourth-order valence-corrected chi connectivity index (χ4v) is 3.33. The van der Waals surface area contributed by atoms with Crippen LogP contribution in [0.3, 0.4) is 0 Å². The van der Waals surface area contributed by atoms with Crippen LogP contribution in [0.15, 0.2) is 61.7 Å². The standard InChI is InChI=1S/C26H30O6/c1-6-14-31-20-16-22(21(8-3)23(17-20)32-15-7-2)24(26(28)29-5)25(27)18-10-12-19(13-11-18)30-9-4/h6-7,10-13,16-17,24H,1-2,8-9,14-15H2,3-5H3. The molecular formula is C26H30O6. The predicted molar refractivity (Wildman–Crippen MR) is 124 cm³/mol. The van der Waals surface area contributed by atoms with E-state index < -0.39 is 11.9 Å². The quantitative estimate of drug-likeness (QED) is 0.191. The number of ketones is 1. The number of Topliss-reactive ketones (excluding diaryl/α,β-unsaturated/α-hetero) is 1. The number of hydrogen-bond donors (Lipinski definition) is 0. The van der Waals surface area contributed by atoms with Crippen LogP contribution in [0.1, 0.15) is 41.3 Å². The van der Waals surface area contributed by atoms with E-state index in [0.717, 1.165) is 5.56 Å². The molecule has 0 saturated carbocycles. The van der Waals surface area contributed by atoms with Crippen LogP contribution in [0.5, 0.6) is 17.2 Å². The Hall–Kier alpha value is -3.54. The number of hydrogen-bond acceptors (Lipinski definition) is 6. The van der Waals surface area contributed by atoms with Crippen molar-refractivity contribution in [3.8, 4) is 17.2 Å². The van der Waals surface area contributed by atoms with Gasteiger partial charge in [0.2, 0.25) is 0 Å². The molecule has 2 rings (SSSR count). The van der Waals surface area contributed by atoms with Crippen LogP contribution < -0.4 is 14.2 Å². The lowest BCUT2D eigenvalue weighted by Crippen LogP contribution is -2.25. The van der Waals surface area contributed by atoms with Gasteiger partial charge in [-0.25, -0.2) is 0 Å². The van der Waals surface area contributed by atoms with Crippen LogP contribution in [0.4, 0.5) is 0 Å². The highest BCUT2D eigenvalue weighted by atomic mass is 16.5. The van der Waals surface area contributed by atoms with Crippen LogP contribution >= 0.6 is 0 Å². The molecule has 0 aliphatic heterocycles. The van der Waals surface area contributed by atoms with Crippen molar-refractivity contribution in [2.75, 3.05) is 26.9 Å². The zero-order chi connectivity index (χ0) is 23.5. The minimum Gasteiger partial charge on any atom is -0.494 e. The van der Waals surface area contributed by atoms with Crippen molar-refractivity contribution in [3.63, 3.8) is 0 Å². The van der Waals surface area contributed by atoms with E-state index in [1.165, 1.54) is 7.11 Å². The summed E-state index contributed by atoms with van der Waals surface area (Å²) in [6.45, 7) is 12.2. The summed E-state index contributed by atoms with van der Waals surface area (Å²) in [4.78, 5) is 26.3. The molecule has 0 heterocycles. The summed E-state index contributed by atoms with van der Waals surface area (Å²) in [5.41, 5.74) is 1.59. The van der Waals surface area contributed by atoms with Crippen molar-refractivity contribution < 1.29 is 28.5 Å². The third-order valence-corrected chi connectivity index (χ3v) is 4.76. The summed E-state index contributed by atoms with van der Waals surface area (Å²) in [6, 6.07) is 10.1. The maximum absolute atomic E-state index is 13.5. The molecule has 0 aliphatic carbocycles. The molecule has 0 spiro atoms. The lowest BCUT2D eigenvalue weighted by atomic mass is 9.86. The van der Waals surface area contributed by atoms with Crippen molar-refractivity contribution in [1.29, 1.82) is 0 Å². The van der Waals surface area contributed by atoms with E-state index in [4.69, 9.17) is 18.9 Å². The van der Waals surface area contributed by atoms with Gasteiger partial charge in [-0.2, -0.15) is 0 Å². The third-order valence-electron chi connectivity index (χ3n) is 4.76. The normalized spacial score (nSPS) is 11.2. The number of carbonyl (C=O) groups excluding carboxylic acids is 2. The molecule has 6 nitrogen and oxygen atoms in total. The number of benzene rings is 2. The fourth-order valence-electron chi connectivity index (χ4n) is 3.33. The van der Waals surface area contributed by atoms with Crippen LogP contribution in [0.2, 0.25) is 0 Å². The number of methoxy groups -OCH3 is 1. The van der Waals surface area contributed by atoms with E-state index in [1.807, 2.05) is 13.8 Å². The molecule has 0 saturated heterocycles. The van der Waals surface area contributed by atoms with Gasteiger partial charge in [-0.3, -0.25) is 9.59 Å². The lowest BCUT2D eigenvalue weighted by Gasteiger charge is -2.21. The van der Waals surface area contributed by atoms with Gasteiger partial charge >= 0.3 is 5.97 Å². The number of ether oxygens (including phenoxy) is 4. The van der Waals surface area contributed by atoms with Gasteiger partial charge in [0.05, 0.1) is 13.7 Å². The minimum atomic E-state index is -1.17. The van der Waals surface area contributed by atoms with E-state index in [2.05, 4.69) is 13.2 Å². The number of esters is 1. The van der Waals surface area contributed by atoms with E-state index >= 15 is 0 Å². The molecule has 2 aromatic carbocycles. The number of rotatable bonds is 13. The third kappa shape index (κ3) is 6.00. The Kier molecular flexibility index (Phi) is 9.54. The molecule has 0 radical (unpaired) electrons. The van der Waals surface area contributed by atoms with Gasteiger partial charge in [0.25, 0.3) is 0 Å². The lowest BCUT2D eigenvalue weighted by molar-refractivity contribution is -0.141. The monoisotopic (exact) mass is 438 g/mol. The summed E-state index contributed by atoms with van der Waals surface area (Å²) in [6.07, 6.45) is 3.77. The highest BCUT2D eigenvalue weighted by Gasteiger charge is 2.33. The first-order chi connectivity index (χ1) is 15.5. The van der Waals surface area contributed by atoms with Gasteiger partial charge in [0.15, 0.2) is 5.78 Å². The van der Waals surface area contributed by atoms with Crippen molar-refractivity contribution in [2.24, 2.45) is 0 Å². The highest BCUT2D eigenvalue weighted by molar-refractivity contribution is 6.13. The second-order valence-electron chi connectivity index (χ2n) is 6.82. The molecule has 32 heavy (non-hydrogen) atoms. The average molecular weight is 439 g/mol. The zero-order valence-electron chi connectivity index (χ0n) is 18.9. The molecule has 0 aliphatic rings. The fraction of sp³-hybridized carbons (Fsp3) is 0.308. The van der Waals surface area contributed by atoms with Crippen LogP contribution in [-0.4, -0.2) is 38.7 Å². The predicted octanol–water partition coefficient (Wildman–Crippen LogP) is 4.92. The molecule has 0 N–H and O–H groups in total. The highest BCUT2D eigenvalue weighted by Crippen LogP contribution is 2.36. The van der Waals surface area contributed by atoms with Crippen molar-refractivity contribution >= 4 is 11.8 Å². The van der Waals surface area contributed by atoms with E-state index in [1.54, 1.807) is 48.6 Å². The molecule has 6 heteroatoms. The summed E-state index contributed by atoms with van der Waals surface area (Å²) < 4.78 is 22.0. The Morgan fingerprint density at radius 1 is 0.938 bits per heavy atom. The summed E-state index contributed by atoms with van der Waals surface area (Å²) in [5, 5.41) is 0. The van der Waals surface area contributed by atoms with Crippen molar-refractivity contribution in [2.45, 2.75) is 26.2 Å². The minimum absolute atomic E-state index is 0.265. The van der Waals surface area contributed by atoms with Crippen LogP contribution in [0, 0.1) is 0 Å². The molecular weight excluding hydrogens is 408 g/mol. The Bertz CT molecular complexity index is 946. The topological polar surface area (TPSA) is 71.1 Å². The first kappa shape index (κ1) is 24.7. The smallest absolute Gasteiger partial charge is 0.321 e. The van der Waals surface area contributed by atoms with Gasteiger partial charge in [0, 0.05) is 11.6 Å². The van der Waals surface area contributed by atoms with Gasteiger partial charge in [-0.15, -0.1) is 0 Å². The summed E-state index contributed by atoms with van der Waals surface area (Å²) in [5.74, 6) is -0.583. The van der Waals surface area contributed by atoms with Gasteiger partial charge in [-0.05, 0) is 54.8 Å². The maximum Gasteiger partial charge on any atom is 0.321 e. The van der Waals surface area contributed by atoms with E-state index in [0.29, 0.717) is 41.4 Å². The maximum atomic E-state index is 13.5. The second-order valence-corrected chi connectivity index (χ2v) is 6.82. The SMILES string of the molecule is C=CCOc1cc(OCC=C)c(CC)c(C(C(=O)OC)C(=O)c2ccc(OCC)cc2)c1. The molecule has 0 amide bonds. The average Bonchev–Trinajstić information content (AvgIpc) is 2.81. The molecule has 1 unspecified atom stereocenters.